The molecule has 10 N–H and O–H groups in total. The number of aliphatic hydroxyl groups excluding tert-OH is 5. The van der Waals surface area contributed by atoms with Crippen LogP contribution in [0.15, 0.2) is 60.7 Å². The first-order chi connectivity index (χ1) is 37.3. The van der Waals surface area contributed by atoms with Gasteiger partial charge in [-0.25, -0.2) is 5.43 Å². The molecule has 4 amide bonds. The Balaban J connectivity index is 1.34. The second-order valence-corrected chi connectivity index (χ2v) is 23.6. The van der Waals surface area contributed by atoms with E-state index in [9.17, 15) is 59.4 Å². The molecule has 19 atom stereocenters. The number of ether oxygens (including phenoxy) is 2. The Bertz CT molecular complexity index is 2310. The second-order valence-electron chi connectivity index (χ2n) is 23.6. The Morgan fingerprint density at radius 1 is 0.937 bits per heavy atom. The van der Waals surface area contributed by atoms with Gasteiger partial charge in [-0.1, -0.05) is 111 Å². The lowest BCUT2D eigenvalue weighted by atomic mass is 9.69. The third-order valence-corrected chi connectivity index (χ3v) is 17.4. The number of piperidine rings is 1. The van der Waals surface area contributed by atoms with Crippen molar-refractivity contribution in [2.45, 2.75) is 206 Å². The number of nitrogens with zero attached hydrogens (tertiary/aromatic N) is 1. The summed E-state index contributed by atoms with van der Waals surface area (Å²) in [7, 11) is 0. The Morgan fingerprint density at radius 2 is 1.66 bits per heavy atom. The summed E-state index contributed by atoms with van der Waals surface area (Å²) < 4.78 is 12.9. The standard InChI is InChI=1S/C60H93N5O14/c1-11-42-29-35(5)60(63-55(42)73)40(10)53(71)39(9)51(79-60)32-49(70)34(4)19-15-16-24-47(68)37(7)50-25-14-12-13-23-48(69)38(8)54(72)44(27-26-36(6)66)56(74)62-52(33(2)3)57(75)61-46(31-41-20-17-21-43(67)30-41)58(76)65-28-18-22-45(64-65)59(77)78-50/h12-14,16-17,20-21,23-24,30,33-35,37-40,42,44-54,64,67-72H,11,15,18-19,22,25-29,31-32H2,1-10H3,(H,61,75)(H,62,74)(H,63,73)/t34-,35-,37?,38-,39-,40-,42-,44+,45?,46-,47?,48-,49-,50-,51-,52-,53-,54+,60+/m0/s1. The fourth-order valence-electron chi connectivity index (χ4n) is 11.6. The maximum Gasteiger partial charge on any atom is 0.325 e. The fourth-order valence-corrected chi connectivity index (χ4v) is 11.6. The molecule has 4 aliphatic rings. The number of carbonyl (C=O) groups is 6. The molecule has 442 valence electrons. The van der Waals surface area contributed by atoms with E-state index in [1.807, 2.05) is 40.7 Å². The molecular weight excluding hydrogens is 1010 g/mol. The molecule has 2 bridgehead atoms. The molecule has 3 saturated heterocycles. The molecule has 4 aliphatic heterocycles. The summed E-state index contributed by atoms with van der Waals surface area (Å²) in [5.74, 6) is -7.39. The van der Waals surface area contributed by atoms with Gasteiger partial charge in [0.2, 0.25) is 17.7 Å². The lowest BCUT2D eigenvalue weighted by molar-refractivity contribution is -0.267. The van der Waals surface area contributed by atoms with Crippen LogP contribution in [0.3, 0.4) is 0 Å². The zero-order valence-corrected chi connectivity index (χ0v) is 48.1. The Labute approximate surface area is 467 Å². The number of aliphatic hydroxyl groups is 5. The van der Waals surface area contributed by atoms with Gasteiger partial charge in [0, 0.05) is 67.7 Å². The summed E-state index contributed by atoms with van der Waals surface area (Å²) in [6.07, 6.45) is 6.26. The molecule has 0 aliphatic carbocycles. The number of hydrogen-bond donors (Lipinski definition) is 10. The predicted molar refractivity (Wildman–Crippen MR) is 297 cm³/mol. The number of Topliss-reactive ketones (excluding diaryl/α,β-unsaturated/α-hetero) is 1. The van der Waals surface area contributed by atoms with Gasteiger partial charge in [-0.15, -0.1) is 0 Å². The number of hydrazine groups is 1. The molecule has 19 nitrogen and oxygen atoms in total. The quantitative estimate of drug-likeness (QED) is 0.0808. The zero-order chi connectivity index (χ0) is 58.5. The van der Waals surface area contributed by atoms with Crippen LogP contribution < -0.4 is 21.4 Å². The molecule has 79 heavy (non-hydrogen) atoms. The highest BCUT2D eigenvalue weighted by Crippen LogP contribution is 2.46. The first-order valence-corrected chi connectivity index (χ1v) is 28.9. The van der Waals surface area contributed by atoms with E-state index in [0.717, 1.165) is 0 Å². The third-order valence-electron chi connectivity index (χ3n) is 17.4. The molecule has 1 aromatic rings. The van der Waals surface area contributed by atoms with Crippen LogP contribution in [0.4, 0.5) is 0 Å². The highest BCUT2D eigenvalue weighted by molar-refractivity contribution is 5.93. The molecule has 19 heteroatoms. The van der Waals surface area contributed by atoms with Crippen molar-refractivity contribution in [1.29, 1.82) is 0 Å². The zero-order valence-electron chi connectivity index (χ0n) is 48.1. The molecule has 0 aromatic heterocycles. The summed E-state index contributed by atoms with van der Waals surface area (Å²) in [5.41, 5.74) is 2.48. The van der Waals surface area contributed by atoms with E-state index in [2.05, 4.69) is 21.4 Å². The van der Waals surface area contributed by atoms with Crippen LogP contribution in [0.2, 0.25) is 0 Å². The Hall–Kier alpha value is -5.02. The molecule has 0 saturated carbocycles. The smallest absolute Gasteiger partial charge is 0.325 e. The second kappa shape index (κ2) is 29.6. The van der Waals surface area contributed by atoms with E-state index in [1.54, 1.807) is 64.1 Å². The number of rotatable bonds is 16. The SMILES string of the molecule is CC[C@H]1C[C@H](C)[C@@]2(NC1=O)O[C@@H](C[C@H](O)[C@@H](C)CCC=CC(O)C(C)[C@@H]1CC=CC=C[C@H](O)[C@H](C)[C@@H](O)[C@@H](CCC(C)=O)C(=O)N[C@@H](C(C)C)C(=O)N[C@@H](Cc3cccc(O)c3)C(=O)N3CCCC(N3)C(=O)O1)[C@H](C)[C@H](O)[C@@H]2C. The monoisotopic (exact) mass is 1110 g/mol. The van der Waals surface area contributed by atoms with Crippen molar-refractivity contribution in [3.8, 4) is 5.75 Å². The number of phenols is 1. The van der Waals surface area contributed by atoms with Gasteiger partial charge < -0.3 is 60.9 Å². The predicted octanol–water partition coefficient (Wildman–Crippen LogP) is 4.46. The summed E-state index contributed by atoms with van der Waals surface area (Å²) in [6.45, 7) is 18.0. The molecule has 3 unspecified atom stereocenters. The first-order valence-electron chi connectivity index (χ1n) is 28.9. The van der Waals surface area contributed by atoms with Crippen LogP contribution in [-0.2, 0) is 44.7 Å². The molecular formula is C60H93N5O14. The number of ketones is 1. The van der Waals surface area contributed by atoms with Crippen molar-refractivity contribution in [2.24, 2.45) is 53.3 Å². The van der Waals surface area contributed by atoms with Gasteiger partial charge in [-0.05, 0) is 81.4 Å². The van der Waals surface area contributed by atoms with Crippen LogP contribution in [0, 0.1) is 53.3 Å². The minimum atomic E-state index is -1.46. The molecule has 0 radical (unpaired) electrons. The summed E-state index contributed by atoms with van der Waals surface area (Å²) >= 11 is 0. The van der Waals surface area contributed by atoms with Crippen molar-refractivity contribution in [1.82, 2.24) is 26.4 Å². The highest BCUT2D eigenvalue weighted by Gasteiger charge is 2.57. The largest absolute Gasteiger partial charge is 0.508 e. The minimum Gasteiger partial charge on any atom is -0.508 e. The third kappa shape index (κ3) is 17.0. The van der Waals surface area contributed by atoms with Gasteiger partial charge in [-0.3, -0.25) is 29.0 Å². The number of hydrogen-bond acceptors (Lipinski definition) is 15. The molecule has 1 aromatic carbocycles. The molecule has 1 spiro atoms. The number of carbonyl (C=O) groups excluding carboxylic acids is 6. The minimum absolute atomic E-state index is 0.0464. The van der Waals surface area contributed by atoms with Crippen molar-refractivity contribution >= 4 is 35.4 Å². The number of cyclic esters (lactones) is 1. The first kappa shape index (κ1) is 64.8. The van der Waals surface area contributed by atoms with Gasteiger partial charge in [0.15, 0.2) is 0 Å². The number of allylic oxidation sites excluding steroid dienone is 3. The lowest BCUT2D eigenvalue weighted by Crippen LogP contribution is -2.71. The van der Waals surface area contributed by atoms with Crippen LogP contribution >= 0.6 is 0 Å². The van der Waals surface area contributed by atoms with Crippen molar-refractivity contribution in [2.75, 3.05) is 6.54 Å². The van der Waals surface area contributed by atoms with E-state index < -0.39 is 114 Å². The molecule has 3 fully saturated rings. The van der Waals surface area contributed by atoms with E-state index in [0.29, 0.717) is 44.1 Å². The van der Waals surface area contributed by atoms with Crippen molar-refractivity contribution in [3.05, 3.63) is 66.3 Å². The van der Waals surface area contributed by atoms with Gasteiger partial charge in [0.25, 0.3) is 5.91 Å². The number of fused-ring (bicyclic) bond motifs is 2. The topological polar surface area (TPSA) is 294 Å². The number of phenolic OH excluding ortho intramolecular Hbond substituents is 1. The summed E-state index contributed by atoms with van der Waals surface area (Å²) in [5, 5.41) is 77.6. The maximum atomic E-state index is 14.5. The highest BCUT2D eigenvalue weighted by atomic mass is 16.5. The number of aromatic hydroxyl groups is 1. The Kier molecular flexibility index (Phi) is 24.3. The lowest BCUT2D eigenvalue weighted by Gasteiger charge is -2.56. The van der Waals surface area contributed by atoms with Crippen molar-refractivity contribution < 1.29 is 68.9 Å². The van der Waals surface area contributed by atoms with E-state index >= 15 is 0 Å². The van der Waals surface area contributed by atoms with Gasteiger partial charge >= 0.3 is 5.97 Å². The van der Waals surface area contributed by atoms with Crippen molar-refractivity contribution in [3.63, 3.8) is 0 Å². The fraction of sp³-hybridized carbons (Fsp3) is 0.700. The van der Waals surface area contributed by atoms with Gasteiger partial charge in [0.05, 0.1) is 42.5 Å². The average molecular weight is 1110 g/mol. The van der Waals surface area contributed by atoms with E-state index in [-0.39, 0.29) is 85.7 Å². The average Bonchev–Trinajstić information content (AvgIpc) is 3.56. The number of nitrogens with one attached hydrogen (secondary N) is 4. The van der Waals surface area contributed by atoms with Gasteiger partial charge in [-0.2, -0.15) is 0 Å². The van der Waals surface area contributed by atoms with Crippen LogP contribution in [0.25, 0.3) is 0 Å². The number of amides is 4. The van der Waals surface area contributed by atoms with E-state index in [4.69, 9.17) is 9.47 Å². The maximum absolute atomic E-state index is 14.5. The van der Waals surface area contributed by atoms with Crippen LogP contribution in [0.5, 0.6) is 5.75 Å². The normalized spacial score (nSPS) is 34.4. The summed E-state index contributed by atoms with van der Waals surface area (Å²) in [6, 6.07) is 2.74. The molecule has 4 heterocycles. The number of esters is 1. The summed E-state index contributed by atoms with van der Waals surface area (Å²) in [4.78, 5) is 82.3. The van der Waals surface area contributed by atoms with E-state index in [1.165, 1.54) is 30.1 Å². The van der Waals surface area contributed by atoms with Gasteiger partial charge in [0.1, 0.15) is 41.5 Å². The number of benzene rings is 1. The molecule has 5 rings (SSSR count). The van der Waals surface area contributed by atoms with Crippen LogP contribution in [0.1, 0.15) is 139 Å². The van der Waals surface area contributed by atoms with Crippen LogP contribution in [-0.4, -0.2) is 144 Å². The Morgan fingerprint density at radius 3 is 2.33 bits per heavy atom.